The van der Waals surface area contributed by atoms with Crippen LogP contribution in [0.2, 0.25) is 0 Å². The third-order valence-corrected chi connectivity index (χ3v) is 12.0. The molecule has 0 fully saturated rings. The number of nitrogens with zero attached hydrogens (tertiary/aromatic N) is 3. The van der Waals surface area contributed by atoms with Gasteiger partial charge < -0.3 is 13.7 Å². The van der Waals surface area contributed by atoms with Crippen LogP contribution in [0.4, 0.5) is 0 Å². The molecule has 0 amide bonds. The summed E-state index contributed by atoms with van der Waals surface area (Å²) in [5, 5.41) is 7.16. The molecule has 0 saturated heterocycles. The molecule has 8 aromatic carbocycles. The van der Waals surface area contributed by atoms with Crippen LogP contribution in [-0.2, 0) is 0 Å². The Hall–Kier alpha value is -7.54. The smallest absolute Gasteiger partial charge is 0.0782 e. The number of hydrogen-bond donors (Lipinski definition) is 0. The average molecular weight is 726 g/mol. The van der Waals surface area contributed by atoms with Crippen molar-refractivity contribution in [1.29, 1.82) is 0 Å². The van der Waals surface area contributed by atoms with Gasteiger partial charge in [0, 0.05) is 44.1 Å². The molecule has 1 atom stereocenters. The van der Waals surface area contributed by atoms with Gasteiger partial charge in [0.2, 0.25) is 0 Å². The fourth-order valence-electron chi connectivity index (χ4n) is 9.60. The molecule has 1 aliphatic rings. The molecular weight excluding hydrogens is 691 g/mol. The summed E-state index contributed by atoms with van der Waals surface area (Å²) >= 11 is 0. The van der Waals surface area contributed by atoms with E-state index in [0.717, 1.165) is 39.6 Å². The van der Waals surface area contributed by atoms with Crippen molar-refractivity contribution in [2.45, 2.75) is 12.3 Å². The van der Waals surface area contributed by atoms with Crippen LogP contribution in [0.15, 0.2) is 194 Å². The SMILES string of the molecule is c1ccc2c(c#1)c1ccc(-n3c4ccccc4c4ccccc43)cc1n2-c1cccc2c3ccccc3n(-c3c(-c4ccccc4)cccc3C3C=CC=CC3)c12. The molecule has 0 spiro atoms. The average Bonchev–Trinajstić information content (AvgIpc) is 3.92. The summed E-state index contributed by atoms with van der Waals surface area (Å²) in [5.74, 6) is 0.240. The Kier molecular flexibility index (Phi) is 6.97. The molecule has 266 valence electrons. The molecule has 0 saturated carbocycles. The molecule has 1 unspecified atom stereocenters. The van der Waals surface area contributed by atoms with Gasteiger partial charge in [-0.3, -0.25) is 0 Å². The van der Waals surface area contributed by atoms with Gasteiger partial charge in [-0.1, -0.05) is 152 Å². The van der Waals surface area contributed by atoms with Crippen molar-refractivity contribution in [2.75, 3.05) is 0 Å². The highest BCUT2D eigenvalue weighted by molar-refractivity contribution is 6.16. The van der Waals surface area contributed by atoms with E-state index in [-0.39, 0.29) is 5.92 Å². The summed E-state index contributed by atoms with van der Waals surface area (Å²) in [7, 11) is 0. The van der Waals surface area contributed by atoms with E-state index >= 15 is 0 Å². The Bertz CT molecular complexity index is 3390. The topological polar surface area (TPSA) is 14.8 Å². The van der Waals surface area contributed by atoms with Crippen LogP contribution in [0.5, 0.6) is 0 Å². The third kappa shape index (κ3) is 4.68. The van der Waals surface area contributed by atoms with Crippen LogP contribution in [0.1, 0.15) is 17.9 Å². The first-order chi connectivity index (χ1) is 28.3. The number of para-hydroxylation sites is 5. The number of fused-ring (bicyclic) bond motifs is 9. The maximum Gasteiger partial charge on any atom is 0.0782 e. The molecule has 0 bridgehead atoms. The van der Waals surface area contributed by atoms with Gasteiger partial charge in [-0.05, 0) is 72.1 Å². The van der Waals surface area contributed by atoms with E-state index in [1.54, 1.807) is 0 Å². The lowest BCUT2D eigenvalue weighted by Gasteiger charge is -2.24. The van der Waals surface area contributed by atoms with Crippen LogP contribution in [0, 0.1) is 12.1 Å². The highest BCUT2D eigenvalue weighted by Crippen LogP contribution is 2.45. The van der Waals surface area contributed by atoms with Crippen LogP contribution in [0.25, 0.3) is 93.6 Å². The van der Waals surface area contributed by atoms with Gasteiger partial charge in [0.05, 0.1) is 49.9 Å². The van der Waals surface area contributed by atoms with Crippen molar-refractivity contribution >= 4 is 65.4 Å². The maximum atomic E-state index is 3.53. The fourth-order valence-corrected chi connectivity index (χ4v) is 9.60. The first kappa shape index (κ1) is 31.8. The van der Waals surface area contributed by atoms with Crippen LogP contribution in [0.3, 0.4) is 0 Å². The van der Waals surface area contributed by atoms with E-state index in [0.29, 0.717) is 0 Å². The predicted octanol–water partition coefficient (Wildman–Crippen LogP) is 13.8. The molecule has 3 aromatic heterocycles. The second kappa shape index (κ2) is 12.5. The standard InChI is InChI=1S/C54H35N3/c1-3-17-36(18-4-1)39-25-15-26-40(37-19-5-2-6-20-37)53(39)57-50-31-14-10-24-44(50)46-27-16-32-51(54(46)57)56-49-30-13-9-23-43(49)45-34-33-38(35-52(45)56)55-47-28-11-7-21-41(47)42-22-8-12-29-48(42)55/h1-8,10-19,21-22,24-35,37H,20H2. The largest absolute Gasteiger partial charge is 0.309 e. The zero-order valence-electron chi connectivity index (χ0n) is 31.1. The van der Waals surface area contributed by atoms with E-state index in [1.807, 2.05) is 6.07 Å². The number of aromatic nitrogens is 3. The summed E-state index contributed by atoms with van der Waals surface area (Å²) in [5.41, 5.74) is 14.2. The molecule has 3 nitrogen and oxygen atoms in total. The second-order valence-electron chi connectivity index (χ2n) is 15.1. The minimum Gasteiger partial charge on any atom is -0.309 e. The molecule has 1 aliphatic carbocycles. The normalized spacial score (nSPS) is 14.1. The van der Waals surface area contributed by atoms with Crippen molar-refractivity contribution in [3.63, 3.8) is 0 Å². The van der Waals surface area contributed by atoms with Crippen LogP contribution in [-0.4, -0.2) is 13.7 Å². The summed E-state index contributed by atoms with van der Waals surface area (Å²) in [6.07, 6.45) is 9.97. The summed E-state index contributed by atoms with van der Waals surface area (Å²) in [4.78, 5) is 0. The van der Waals surface area contributed by atoms with E-state index in [2.05, 4.69) is 214 Å². The zero-order valence-corrected chi connectivity index (χ0v) is 31.1. The minimum atomic E-state index is 0.240. The first-order valence-electron chi connectivity index (χ1n) is 19.7. The van der Waals surface area contributed by atoms with E-state index in [4.69, 9.17) is 0 Å². The fraction of sp³-hybridized carbons (Fsp3) is 0.0370. The molecule has 0 aliphatic heterocycles. The van der Waals surface area contributed by atoms with Gasteiger partial charge in [-0.25, -0.2) is 0 Å². The monoisotopic (exact) mass is 725 g/mol. The lowest BCUT2D eigenvalue weighted by atomic mass is 9.88. The Morgan fingerprint density at radius 1 is 0.491 bits per heavy atom. The van der Waals surface area contributed by atoms with Crippen molar-refractivity contribution < 1.29 is 0 Å². The quantitative estimate of drug-likeness (QED) is 0.168. The Morgan fingerprint density at radius 2 is 1.18 bits per heavy atom. The highest BCUT2D eigenvalue weighted by Gasteiger charge is 2.25. The molecular formula is C54H35N3. The van der Waals surface area contributed by atoms with Crippen molar-refractivity contribution in [1.82, 2.24) is 13.7 Å². The Morgan fingerprint density at radius 3 is 1.93 bits per heavy atom. The van der Waals surface area contributed by atoms with Crippen molar-refractivity contribution in [3.8, 4) is 28.2 Å². The van der Waals surface area contributed by atoms with Gasteiger partial charge in [-0.2, -0.15) is 0 Å². The van der Waals surface area contributed by atoms with Crippen molar-refractivity contribution in [2.24, 2.45) is 0 Å². The Labute approximate surface area is 330 Å². The minimum absolute atomic E-state index is 0.240. The number of benzene rings is 7. The number of allylic oxidation sites excluding steroid dienone is 4. The molecule has 11 aromatic rings. The lowest BCUT2D eigenvalue weighted by molar-refractivity contribution is 0.843. The summed E-state index contributed by atoms with van der Waals surface area (Å²) in [6.45, 7) is 0. The van der Waals surface area contributed by atoms with E-state index < -0.39 is 0 Å². The van der Waals surface area contributed by atoms with Gasteiger partial charge in [0.1, 0.15) is 0 Å². The number of hydrogen-bond acceptors (Lipinski definition) is 0. The lowest BCUT2D eigenvalue weighted by Crippen LogP contribution is -2.08. The molecule has 57 heavy (non-hydrogen) atoms. The molecule has 3 heteroatoms. The first-order valence-corrected chi connectivity index (χ1v) is 19.7. The van der Waals surface area contributed by atoms with E-state index in [9.17, 15) is 0 Å². The third-order valence-electron chi connectivity index (χ3n) is 12.0. The summed E-state index contributed by atoms with van der Waals surface area (Å²) in [6, 6.07) is 68.8. The Balaban J connectivity index is 1.22. The van der Waals surface area contributed by atoms with Gasteiger partial charge in [-0.15, -0.1) is 0 Å². The van der Waals surface area contributed by atoms with Gasteiger partial charge in [0.25, 0.3) is 0 Å². The van der Waals surface area contributed by atoms with Gasteiger partial charge >= 0.3 is 0 Å². The van der Waals surface area contributed by atoms with Crippen LogP contribution < -0.4 is 0 Å². The van der Waals surface area contributed by atoms with Crippen LogP contribution >= 0.6 is 0 Å². The maximum absolute atomic E-state index is 3.53. The molecule has 12 rings (SSSR count). The predicted molar refractivity (Wildman–Crippen MR) is 238 cm³/mol. The van der Waals surface area contributed by atoms with Crippen molar-refractivity contribution in [3.05, 3.63) is 212 Å². The van der Waals surface area contributed by atoms with E-state index in [1.165, 1.54) is 66.0 Å². The second-order valence-corrected chi connectivity index (χ2v) is 15.1. The van der Waals surface area contributed by atoms with Gasteiger partial charge in [0.15, 0.2) is 0 Å². The molecule has 3 heterocycles. The summed E-state index contributed by atoms with van der Waals surface area (Å²) < 4.78 is 7.45. The molecule has 0 N–H and O–H groups in total. The molecule has 0 radical (unpaired) electrons. The highest BCUT2D eigenvalue weighted by atomic mass is 15.1. The number of rotatable bonds is 5. The zero-order chi connectivity index (χ0) is 37.5.